The number of hydrogen-bond donors (Lipinski definition) is 1. The van der Waals surface area contributed by atoms with E-state index in [2.05, 4.69) is 10.2 Å². The quantitative estimate of drug-likeness (QED) is 0.749. The number of ether oxygens (including phenoxy) is 1. The van der Waals surface area contributed by atoms with Crippen molar-refractivity contribution in [3.63, 3.8) is 0 Å². The highest BCUT2D eigenvalue weighted by Gasteiger charge is 2.10. The molecule has 3 rings (SSSR count). The van der Waals surface area contributed by atoms with Gasteiger partial charge in [0.05, 0.1) is 0 Å². The van der Waals surface area contributed by atoms with E-state index in [9.17, 15) is 9.90 Å². The van der Waals surface area contributed by atoms with Crippen LogP contribution in [0.2, 0.25) is 5.02 Å². The molecule has 0 aliphatic heterocycles. The van der Waals surface area contributed by atoms with Crippen molar-refractivity contribution >= 4 is 28.9 Å². The number of carbonyl (C=O) groups is 1. The number of nitrogens with zero attached hydrogens (tertiary/aromatic N) is 3. The van der Waals surface area contributed by atoms with Gasteiger partial charge < -0.3 is 9.84 Å². The minimum absolute atomic E-state index is 0.0511. The number of carbonyl (C=O) groups excluding carboxylic acids is 1. The number of fused-ring (bicyclic) bond motifs is 1. The van der Waals surface area contributed by atoms with Crippen LogP contribution in [0, 0.1) is 0 Å². The van der Waals surface area contributed by atoms with Gasteiger partial charge in [0.1, 0.15) is 34.8 Å². The lowest BCUT2D eigenvalue weighted by Gasteiger charge is -2.06. The van der Waals surface area contributed by atoms with E-state index in [0.717, 1.165) is 0 Å². The number of phenolic OH excluding ortho intramolecular Hbond substituents is 1. The highest BCUT2D eigenvalue weighted by atomic mass is 35.5. The lowest BCUT2D eigenvalue weighted by Crippen LogP contribution is -2.01. The second-order valence-electron chi connectivity index (χ2n) is 4.25. The molecule has 7 heteroatoms. The van der Waals surface area contributed by atoms with Gasteiger partial charge in [0.2, 0.25) is 0 Å². The molecule has 0 saturated carbocycles. The zero-order valence-corrected chi connectivity index (χ0v) is 11.5. The Balaban J connectivity index is 1.99. The fraction of sp³-hybridized carbons (Fsp3) is 0.0714. The van der Waals surface area contributed by atoms with Gasteiger partial charge in [0.25, 0.3) is 0 Å². The molecule has 106 valence electrons. The molecule has 6 nitrogen and oxygen atoms in total. The second kappa shape index (κ2) is 5.41. The van der Waals surface area contributed by atoms with Gasteiger partial charge in [0, 0.05) is 11.1 Å². The van der Waals surface area contributed by atoms with Crippen molar-refractivity contribution in [3.8, 4) is 17.2 Å². The van der Waals surface area contributed by atoms with Crippen molar-refractivity contribution in [2.45, 2.75) is 0 Å². The Bertz CT molecular complexity index is 816. The molecule has 0 unspecified atom stereocenters. The van der Waals surface area contributed by atoms with Crippen LogP contribution < -0.4 is 4.74 Å². The van der Waals surface area contributed by atoms with Crippen LogP contribution in [0.5, 0.6) is 11.5 Å². The summed E-state index contributed by atoms with van der Waals surface area (Å²) in [6.07, 6.45) is 0.635. The third kappa shape index (κ3) is 2.66. The second-order valence-corrected chi connectivity index (χ2v) is 4.69. The first-order chi connectivity index (χ1) is 10.2. The Kier molecular flexibility index (Phi) is 3.45. The number of phenols is 1. The van der Waals surface area contributed by atoms with Crippen LogP contribution in [-0.4, -0.2) is 33.0 Å². The Morgan fingerprint density at radius 2 is 2.00 bits per heavy atom. The molecule has 0 bridgehead atoms. The number of halogens is 1. The van der Waals surface area contributed by atoms with Gasteiger partial charge in [0.15, 0.2) is 6.29 Å². The van der Waals surface area contributed by atoms with Gasteiger partial charge in [-0.1, -0.05) is 11.6 Å². The van der Waals surface area contributed by atoms with Gasteiger partial charge in [-0.25, -0.2) is 0 Å². The average molecular weight is 304 g/mol. The first-order valence-corrected chi connectivity index (χ1v) is 6.47. The molecular formula is C14H10ClN3O3. The molecule has 1 heterocycles. The maximum atomic E-state index is 10.3. The highest BCUT2D eigenvalue weighted by molar-refractivity contribution is 6.31. The molecule has 1 aromatic heterocycles. The molecule has 0 spiro atoms. The predicted octanol–water partition coefficient (Wildman–Crippen LogP) is 2.36. The molecule has 2 aromatic carbocycles. The molecule has 0 fully saturated rings. The lowest BCUT2D eigenvalue weighted by molar-refractivity contribution is -0.109. The maximum Gasteiger partial charge on any atom is 0.157 e. The Labute approximate surface area is 124 Å². The van der Waals surface area contributed by atoms with Crippen molar-refractivity contribution in [1.82, 2.24) is 15.0 Å². The smallest absolute Gasteiger partial charge is 0.157 e. The van der Waals surface area contributed by atoms with E-state index < -0.39 is 0 Å². The topological polar surface area (TPSA) is 77.2 Å². The van der Waals surface area contributed by atoms with Crippen molar-refractivity contribution in [3.05, 3.63) is 41.4 Å². The fourth-order valence-electron chi connectivity index (χ4n) is 1.89. The van der Waals surface area contributed by atoms with Crippen LogP contribution in [0.3, 0.4) is 0 Å². The SMILES string of the molecule is O=CCOc1ccc(-n2nc3ccc(Cl)cc3n2)c(O)c1. The molecule has 1 N–H and O–H groups in total. The summed E-state index contributed by atoms with van der Waals surface area (Å²) < 4.78 is 5.11. The van der Waals surface area contributed by atoms with Crippen molar-refractivity contribution in [2.75, 3.05) is 6.61 Å². The van der Waals surface area contributed by atoms with Crippen molar-refractivity contribution in [2.24, 2.45) is 0 Å². The standard InChI is InChI=1S/C14H10ClN3O3/c15-9-1-3-11-12(7-9)17-18(16-11)13-4-2-10(8-14(13)20)21-6-5-19/h1-5,7-8,20H,6H2. The van der Waals surface area contributed by atoms with Crippen LogP contribution >= 0.6 is 11.6 Å². The number of aromatic hydroxyl groups is 1. The minimum Gasteiger partial charge on any atom is -0.505 e. The van der Waals surface area contributed by atoms with Crippen LogP contribution in [0.4, 0.5) is 0 Å². The zero-order valence-electron chi connectivity index (χ0n) is 10.7. The Morgan fingerprint density at radius 3 is 2.76 bits per heavy atom. The Hall–Kier alpha value is -2.60. The number of aldehydes is 1. The molecule has 0 radical (unpaired) electrons. The minimum atomic E-state index is -0.0683. The summed E-state index contributed by atoms with van der Waals surface area (Å²) in [6.45, 7) is -0.0683. The summed E-state index contributed by atoms with van der Waals surface area (Å²) in [5, 5.41) is 19.1. The van der Waals surface area contributed by atoms with Crippen LogP contribution in [-0.2, 0) is 4.79 Å². The first-order valence-electron chi connectivity index (χ1n) is 6.10. The summed E-state index contributed by atoms with van der Waals surface area (Å²) >= 11 is 5.90. The Morgan fingerprint density at radius 1 is 1.19 bits per heavy atom. The van der Waals surface area contributed by atoms with E-state index in [1.54, 1.807) is 30.3 Å². The molecule has 0 atom stereocenters. The van der Waals surface area contributed by atoms with Crippen LogP contribution in [0.15, 0.2) is 36.4 Å². The summed E-state index contributed by atoms with van der Waals surface area (Å²) in [6, 6.07) is 9.80. The van der Waals surface area contributed by atoms with Gasteiger partial charge in [-0.2, -0.15) is 0 Å². The van der Waals surface area contributed by atoms with Crippen molar-refractivity contribution < 1.29 is 14.6 Å². The third-order valence-corrected chi connectivity index (χ3v) is 3.06. The number of benzene rings is 2. The van der Waals surface area contributed by atoms with E-state index in [4.69, 9.17) is 16.3 Å². The van der Waals surface area contributed by atoms with Gasteiger partial charge in [-0.15, -0.1) is 15.0 Å². The summed E-state index contributed by atoms with van der Waals surface area (Å²) in [5.41, 5.74) is 1.70. The third-order valence-electron chi connectivity index (χ3n) is 2.82. The summed E-state index contributed by atoms with van der Waals surface area (Å²) in [5.74, 6) is 0.341. The number of hydrogen-bond acceptors (Lipinski definition) is 5. The monoisotopic (exact) mass is 303 g/mol. The molecule has 0 aliphatic rings. The summed E-state index contributed by atoms with van der Waals surface area (Å²) in [7, 11) is 0. The molecular weight excluding hydrogens is 294 g/mol. The largest absolute Gasteiger partial charge is 0.505 e. The number of rotatable bonds is 4. The van der Waals surface area contributed by atoms with E-state index in [1.165, 1.54) is 10.9 Å². The molecule has 0 aliphatic carbocycles. The normalized spacial score (nSPS) is 10.7. The zero-order chi connectivity index (χ0) is 14.8. The number of aromatic nitrogens is 3. The van der Waals surface area contributed by atoms with Crippen LogP contribution in [0.25, 0.3) is 16.7 Å². The predicted molar refractivity (Wildman–Crippen MR) is 77.1 cm³/mol. The van der Waals surface area contributed by atoms with E-state index in [-0.39, 0.29) is 12.4 Å². The van der Waals surface area contributed by atoms with E-state index >= 15 is 0 Å². The van der Waals surface area contributed by atoms with Crippen molar-refractivity contribution in [1.29, 1.82) is 0 Å². The highest BCUT2D eigenvalue weighted by Crippen LogP contribution is 2.27. The van der Waals surface area contributed by atoms with Crippen LogP contribution in [0.1, 0.15) is 0 Å². The lowest BCUT2D eigenvalue weighted by atomic mass is 10.3. The van der Waals surface area contributed by atoms with E-state index in [0.29, 0.717) is 33.8 Å². The fourth-order valence-corrected chi connectivity index (χ4v) is 2.05. The van der Waals surface area contributed by atoms with Gasteiger partial charge >= 0.3 is 0 Å². The van der Waals surface area contributed by atoms with E-state index in [1.807, 2.05) is 0 Å². The first kappa shape index (κ1) is 13.4. The van der Waals surface area contributed by atoms with Gasteiger partial charge in [-0.3, -0.25) is 4.79 Å². The summed E-state index contributed by atoms with van der Waals surface area (Å²) in [4.78, 5) is 11.6. The molecule has 21 heavy (non-hydrogen) atoms. The van der Waals surface area contributed by atoms with Gasteiger partial charge in [-0.05, 0) is 30.3 Å². The molecule has 3 aromatic rings. The maximum absolute atomic E-state index is 10.3. The molecule has 0 amide bonds. The average Bonchev–Trinajstić information content (AvgIpc) is 2.87. The molecule has 0 saturated heterocycles.